The molecule has 1 saturated carbocycles. The van der Waals surface area contributed by atoms with E-state index in [9.17, 15) is 9.59 Å². The Kier molecular flexibility index (Phi) is 3.70. The number of nitrogens with one attached hydrogen (secondary N) is 1. The van der Waals surface area contributed by atoms with Crippen LogP contribution in [0.1, 0.15) is 44.6 Å². The van der Waals surface area contributed by atoms with E-state index in [1.807, 2.05) is 23.1 Å². The van der Waals surface area contributed by atoms with Gasteiger partial charge in [0.05, 0.1) is 5.92 Å². The molecule has 1 heterocycles. The largest absolute Gasteiger partial charge is 0.339 e. The van der Waals surface area contributed by atoms with Gasteiger partial charge >= 0.3 is 0 Å². The molecule has 0 spiro atoms. The molecule has 112 valence electrons. The van der Waals surface area contributed by atoms with E-state index < -0.39 is 0 Å². The number of anilines is 1. The second kappa shape index (κ2) is 5.51. The maximum atomic E-state index is 12.3. The quantitative estimate of drug-likeness (QED) is 0.925. The third kappa shape index (κ3) is 3.09. The van der Waals surface area contributed by atoms with Crippen LogP contribution in [0.4, 0.5) is 5.69 Å². The van der Waals surface area contributed by atoms with E-state index in [0.717, 1.165) is 18.5 Å². The predicted molar refractivity (Wildman–Crippen MR) is 82.0 cm³/mol. The van der Waals surface area contributed by atoms with Crippen molar-refractivity contribution in [3.05, 3.63) is 29.8 Å². The van der Waals surface area contributed by atoms with Crippen molar-refractivity contribution in [1.29, 1.82) is 0 Å². The van der Waals surface area contributed by atoms with Crippen LogP contribution in [0.5, 0.6) is 0 Å². The minimum atomic E-state index is -0.208. The molecule has 0 unspecified atom stereocenters. The van der Waals surface area contributed by atoms with E-state index in [4.69, 9.17) is 0 Å². The van der Waals surface area contributed by atoms with Crippen molar-refractivity contribution in [2.45, 2.75) is 45.1 Å². The summed E-state index contributed by atoms with van der Waals surface area (Å²) in [4.78, 5) is 26.1. The summed E-state index contributed by atoms with van der Waals surface area (Å²) in [6.45, 7) is 4.84. The number of rotatable bonds is 4. The molecule has 2 aliphatic rings. The lowest BCUT2D eigenvalue weighted by molar-refractivity contribution is -0.128. The zero-order valence-corrected chi connectivity index (χ0v) is 12.6. The third-order valence-electron chi connectivity index (χ3n) is 4.34. The van der Waals surface area contributed by atoms with E-state index in [0.29, 0.717) is 24.9 Å². The normalized spacial score (nSPS) is 22.0. The highest BCUT2D eigenvalue weighted by Crippen LogP contribution is 2.33. The molecule has 4 heteroatoms. The average molecular weight is 286 g/mol. The Morgan fingerprint density at radius 3 is 2.76 bits per heavy atom. The number of hydrogen-bond acceptors (Lipinski definition) is 2. The number of likely N-dealkylation sites (tertiary alicyclic amines) is 1. The van der Waals surface area contributed by atoms with Gasteiger partial charge in [-0.15, -0.1) is 0 Å². The Morgan fingerprint density at radius 1 is 1.33 bits per heavy atom. The highest BCUT2D eigenvalue weighted by Gasteiger charge is 2.41. The van der Waals surface area contributed by atoms with Gasteiger partial charge in [-0.1, -0.05) is 26.0 Å². The van der Waals surface area contributed by atoms with Crippen molar-refractivity contribution in [2.24, 2.45) is 5.92 Å². The Morgan fingerprint density at radius 2 is 2.10 bits per heavy atom. The molecule has 0 radical (unpaired) electrons. The number of benzene rings is 1. The average Bonchev–Trinajstić information content (AvgIpc) is 3.22. The molecule has 2 fully saturated rings. The molecule has 0 aromatic heterocycles. The summed E-state index contributed by atoms with van der Waals surface area (Å²) in [6, 6.07) is 8.34. The van der Waals surface area contributed by atoms with Crippen molar-refractivity contribution >= 4 is 17.5 Å². The van der Waals surface area contributed by atoms with E-state index in [1.165, 1.54) is 5.56 Å². The molecule has 1 N–H and O–H groups in total. The molecule has 3 rings (SSSR count). The second-order valence-electron chi connectivity index (χ2n) is 6.45. The summed E-state index contributed by atoms with van der Waals surface area (Å²) in [6.07, 6.45) is 2.54. The number of carbonyl (C=O) groups excluding carboxylic acids is 2. The number of hydrogen-bond donors (Lipinski definition) is 1. The van der Waals surface area contributed by atoms with Crippen LogP contribution < -0.4 is 5.32 Å². The standard InChI is InChI=1S/C17H22N2O2/c1-11(2)12-4-3-5-14(8-12)18-17(21)13-9-16(20)19(10-13)15-6-7-15/h3-5,8,11,13,15H,6-7,9-10H2,1-2H3,(H,18,21)/t13-/m0/s1. The van der Waals surface area contributed by atoms with Gasteiger partial charge in [0.15, 0.2) is 0 Å². The SMILES string of the molecule is CC(C)c1cccc(NC(=O)[C@H]2CC(=O)N(C3CC3)C2)c1. The van der Waals surface area contributed by atoms with Gasteiger partial charge in [-0.3, -0.25) is 9.59 Å². The maximum Gasteiger partial charge on any atom is 0.229 e. The molecule has 1 atom stereocenters. The summed E-state index contributed by atoms with van der Waals surface area (Å²) in [5, 5.41) is 2.96. The van der Waals surface area contributed by atoms with Gasteiger partial charge < -0.3 is 10.2 Å². The summed E-state index contributed by atoms with van der Waals surface area (Å²) in [5.41, 5.74) is 2.03. The monoisotopic (exact) mass is 286 g/mol. The van der Waals surface area contributed by atoms with Crippen LogP contribution in [-0.4, -0.2) is 29.3 Å². The Labute approximate surface area is 125 Å². The molecule has 1 aromatic carbocycles. The fraction of sp³-hybridized carbons (Fsp3) is 0.529. The van der Waals surface area contributed by atoms with Gasteiger partial charge in [0, 0.05) is 24.7 Å². The first-order valence-electron chi connectivity index (χ1n) is 7.75. The Balaban J connectivity index is 1.64. The van der Waals surface area contributed by atoms with Gasteiger partial charge in [0.2, 0.25) is 11.8 Å². The zero-order chi connectivity index (χ0) is 15.0. The molecule has 21 heavy (non-hydrogen) atoms. The van der Waals surface area contributed by atoms with Crippen molar-refractivity contribution in [2.75, 3.05) is 11.9 Å². The summed E-state index contributed by atoms with van der Waals surface area (Å²) < 4.78 is 0. The van der Waals surface area contributed by atoms with E-state index in [1.54, 1.807) is 0 Å². The zero-order valence-electron chi connectivity index (χ0n) is 12.6. The van der Waals surface area contributed by atoms with Crippen LogP contribution in [0.2, 0.25) is 0 Å². The molecular formula is C17H22N2O2. The fourth-order valence-corrected chi connectivity index (χ4v) is 2.87. The van der Waals surface area contributed by atoms with Crippen molar-refractivity contribution in [3.8, 4) is 0 Å². The van der Waals surface area contributed by atoms with Crippen molar-refractivity contribution < 1.29 is 9.59 Å². The first kappa shape index (κ1) is 14.1. The van der Waals surface area contributed by atoms with Crippen LogP contribution in [-0.2, 0) is 9.59 Å². The minimum Gasteiger partial charge on any atom is -0.339 e. The van der Waals surface area contributed by atoms with Gasteiger partial charge in [-0.05, 0) is 36.5 Å². The van der Waals surface area contributed by atoms with Crippen LogP contribution in [0, 0.1) is 5.92 Å². The smallest absolute Gasteiger partial charge is 0.229 e. The lowest BCUT2D eigenvalue weighted by Gasteiger charge is -2.15. The lowest BCUT2D eigenvalue weighted by atomic mass is 10.0. The van der Waals surface area contributed by atoms with Crippen molar-refractivity contribution in [3.63, 3.8) is 0 Å². The summed E-state index contributed by atoms with van der Waals surface area (Å²) >= 11 is 0. The summed E-state index contributed by atoms with van der Waals surface area (Å²) in [7, 11) is 0. The van der Waals surface area contributed by atoms with E-state index in [-0.39, 0.29) is 17.7 Å². The first-order valence-corrected chi connectivity index (χ1v) is 7.75. The Hall–Kier alpha value is -1.84. The second-order valence-corrected chi connectivity index (χ2v) is 6.45. The third-order valence-corrected chi connectivity index (χ3v) is 4.34. The molecule has 4 nitrogen and oxygen atoms in total. The highest BCUT2D eigenvalue weighted by molar-refractivity contribution is 5.97. The van der Waals surface area contributed by atoms with Gasteiger partial charge in [-0.2, -0.15) is 0 Å². The summed E-state index contributed by atoms with van der Waals surface area (Å²) in [5.74, 6) is 0.321. The number of amides is 2. The molecular weight excluding hydrogens is 264 g/mol. The molecule has 1 aliphatic heterocycles. The predicted octanol–water partition coefficient (Wildman–Crippen LogP) is 2.76. The number of nitrogens with zero attached hydrogens (tertiary/aromatic N) is 1. The van der Waals surface area contributed by atoms with Crippen LogP contribution in [0.25, 0.3) is 0 Å². The van der Waals surface area contributed by atoms with Crippen LogP contribution >= 0.6 is 0 Å². The maximum absolute atomic E-state index is 12.3. The molecule has 0 bridgehead atoms. The van der Waals surface area contributed by atoms with Crippen molar-refractivity contribution in [1.82, 2.24) is 4.90 Å². The first-order chi connectivity index (χ1) is 10.0. The van der Waals surface area contributed by atoms with E-state index in [2.05, 4.69) is 25.2 Å². The van der Waals surface area contributed by atoms with Gasteiger partial charge in [0.1, 0.15) is 0 Å². The lowest BCUT2D eigenvalue weighted by Crippen LogP contribution is -2.29. The topological polar surface area (TPSA) is 49.4 Å². The highest BCUT2D eigenvalue weighted by atomic mass is 16.2. The Bertz CT molecular complexity index is 564. The molecule has 1 aromatic rings. The van der Waals surface area contributed by atoms with Gasteiger partial charge in [-0.25, -0.2) is 0 Å². The van der Waals surface area contributed by atoms with Gasteiger partial charge in [0.25, 0.3) is 0 Å². The van der Waals surface area contributed by atoms with Crippen LogP contribution in [0.15, 0.2) is 24.3 Å². The van der Waals surface area contributed by atoms with Crippen LogP contribution in [0.3, 0.4) is 0 Å². The minimum absolute atomic E-state index is 0.0348. The fourth-order valence-electron chi connectivity index (χ4n) is 2.87. The molecule has 1 aliphatic carbocycles. The number of carbonyl (C=O) groups is 2. The molecule has 1 saturated heterocycles. The van der Waals surface area contributed by atoms with E-state index >= 15 is 0 Å². The molecule has 2 amide bonds.